The van der Waals surface area contributed by atoms with Crippen molar-refractivity contribution in [3.05, 3.63) is 23.8 Å². The number of rotatable bonds is 8. The van der Waals surface area contributed by atoms with Crippen LogP contribution >= 0.6 is 0 Å². The van der Waals surface area contributed by atoms with E-state index >= 15 is 0 Å². The van der Waals surface area contributed by atoms with Crippen LogP contribution in [0.4, 0.5) is 0 Å². The Labute approximate surface area is 114 Å². The van der Waals surface area contributed by atoms with Crippen LogP contribution in [0.1, 0.15) is 18.4 Å². The molecule has 0 fully saturated rings. The molecule has 5 nitrogen and oxygen atoms in total. The van der Waals surface area contributed by atoms with Crippen molar-refractivity contribution >= 4 is 0 Å². The van der Waals surface area contributed by atoms with E-state index in [1.165, 1.54) is 0 Å². The molecule has 0 amide bonds. The standard InChI is InChI=1S/C14H22N2O3/c1-17-9-12(5-3-7-15)16-8-11-4-2-6-13-14(11)19-10-18-13/h2,4,6,12,16H,3,5,7-10,15H2,1H3. The molecule has 0 spiro atoms. The highest BCUT2D eigenvalue weighted by molar-refractivity contribution is 5.48. The summed E-state index contributed by atoms with van der Waals surface area (Å²) in [5.41, 5.74) is 6.66. The predicted molar refractivity (Wildman–Crippen MR) is 73.4 cm³/mol. The van der Waals surface area contributed by atoms with Crippen LogP contribution in [0, 0.1) is 0 Å². The second-order valence-corrected chi connectivity index (χ2v) is 4.61. The molecule has 1 aromatic rings. The molecule has 1 unspecified atom stereocenters. The van der Waals surface area contributed by atoms with Gasteiger partial charge < -0.3 is 25.3 Å². The Morgan fingerprint density at radius 3 is 3.11 bits per heavy atom. The van der Waals surface area contributed by atoms with E-state index in [1.807, 2.05) is 18.2 Å². The molecule has 1 aliphatic heterocycles. The molecule has 1 aromatic carbocycles. The van der Waals surface area contributed by atoms with Gasteiger partial charge in [0.05, 0.1) is 6.61 Å². The zero-order chi connectivity index (χ0) is 13.5. The van der Waals surface area contributed by atoms with Gasteiger partial charge >= 0.3 is 0 Å². The van der Waals surface area contributed by atoms with Gasteiger partial charge in [-0.2, -0.15) is 0 Å². The van der Waals surface area contributed by atoms with Crippen LogP contribution in [-0.2, 0) is 11.3 Å². The number of fused-ring (bicyclic) bond motifs is 1. The molecule has 0 aliphatic carbocycles. The molecule has 0 saturated carbocycles. The van der Waals surface area contributed by atoms with Gasteiger partial charge in [0, 0.05) is 25.3 Å². The predicted octanol–water partition coefficient (Wildman–Crippen LogP) is 1.26. The number of hydrogen-bond acceptors (Lipinski definition) is 5. The summed E-state index contributed by atoms with van der Waals surface area (Å²) in [4.78, 5) is 0. The summed E-state index contributed by atoms with van der Waals surface area (Å²) in [7, 11) is 1.72. The van der Waals surface area contributed by atoms with Crippen LogP contribution in [-0.4, -0.2) is 33.1 Å². The molecule has 1 atom stereocenters. The number of methoxy groups -OCH3 is 1. The van der Waals surface area contributed by atoms with Gasteiger partial charge in [-0.15, -0.1) is 0 Å². The van der Waals surface area contributed by atoms with Gasteiger partial charge in [-0.25, -0.2) is 0 Å². The highest BCUT2D eigenvalue weighted by Gasteiger charge is 2.17. The molecular weight excluding hydrogens is 244 g/mol. The molecule has 0 radical (unpaired) electrons. The van der Waals surface area contributed by atoms with Gasteiger partial charge in [-0.1, -0.05) is 12.1 Å². The van der Waals surface area contributed by atoms with E-state index in [0.29, 0.717) is 26.0 Å². The first kappa shape index (κ1) is 14.1. The first-order chi connectivity index (χ1) is 9.35. The van der Waals surface area contributed by atoms with Crippen LogP contribution in [0.5, 0.6) is 11.5 Å². The van der Waals surface area contributed by atoms with Gasteiger partial charge in [0.25, 0.3) is 0 Å². The van der Waals surface area contributed by atoms with E-state index in [-0.39, 0.29) is 0 Å². The summed E-state index contributed by atoms with van der Waals surface area (Å²) in [5.74, 6) is 1.68. The lowest BCUT2D eigenvalue weighted by molar-refractivity contribution is 0.160. The lowest BCUT2D eigenvalue weighted by Gasteiger charge is -2.18. The second kappa shape index (κ2) is 7.33. The molecule has 0 bridgehead atoms. The third kappa shape index (κ3) is 3.83. The third-order valence-corrected chi connectivity index (χ3v) is 3.18. The molecule has 1 heterocycles. The van der Waals surface area contributed by atoms with E-state index in [4.69, 9.17) is 19.9 Å². The summed E-state index contributed by atoms with van der Waals surface area (Å²) < 4.78 is 16.1. The monoisotopic (exact) mass is 266 g/mol. The fraction of sp³-hybridized carbons (Fsp3) is 0.571. The van der Waals surface area contributed by atoms with Crippen molar-refractivity contribution in [1.29, 1.82) is 0 Å². The minimum absolute atomic E-state index is 0.307. The fourth-order valence-electron chi connectivity index (χ4n) is 2.19. The Bertz CT molecular complexity index is 398. The highest BCUT2D eigenvalue weighted by Crippen LogP contribution is 2.35. The van der Waals surface area contributed by atoms with E-state index in [2.05, 4.69) is 5.32 Å². The molecule has 1 aliphatic rings. The summed E-state index contributed by atoms with van der Waals surface area (Å²) >= 11 is 0. The quantitative estimate of drug-likeness (QED) is 0.741. The van der Waals surface area contributed by atoms with E-state index < -0.39 is 0 Å². The average Bonchev–Trinajstić information content (AvgIpc) is 2.90. The van der Waals surface area contributed by atoms with Crippen LogP contribution < -0.4 is 20.5 Å². The summed E-state index contributed by atoms with van der Waals surface area (Å²) in [6.07, 6.45) is 2.00. The molecule has 106 valence electrons. The average molecular weight is 266 g/mol. The van der Waals surface area contributed by atoms with Crippen molar-refractivity contribution in [3.63, 3.8) is 0 Å². The van der Waals surface area contributed by atoms with Gasteiger partial charge in [-0.3, -0.25) is 0 Å². The highest BCUT2D eigenvalue weighted by atomic mass is 16.7. The Morgan fingerprint density at radius 1 is 1.42 bits per heavy atom. The van der Waals surface area contributed by atoms with Gasteiger partial charge in [0.15, 0.2) is 11.5 Å². The Morgan fingerprint density at radius 2 is 2.32 bits per heavy atom. The summed E-state index contributed by atoms with van der Waals surface area (Å²) in [5, 5.41) is 3.49. The summed E-state index contributed by atoms with van der Waals surface area (Å²) in [6, 6.07) is 6.27. The Balaban J connectivity index is 1.91. The number of para-hydroxylation sites is 1. The van der Waals surface area contributed by atoms with Crippen LogP contribution in [0.25, 0.3) is 0 Å². The number of hydrogen-bond donors (Lipinski definition) is 2. The Hall–Kier alpha value is -1.30. The van der Waals surface area contributed by atoms with E-state index in [9.17, 15) is 0 Å². The lowest BCUT2D eigenvalue weighted by Crippen LogP contribution is -2.33. The van der Waals surface area contributed by atoms with Crippen molar-refractivity contribution in [2.45, 2.75) is 25.4 Å². The van der Waals surface area contributed by atoms with Crippen LogP contribution in [0.15, 0.2) is 18.2 Å². The molecule has 0 aromatic heterocycles. The normalized spacial score (nSPS) is 14.6. The van der Waals surface area contributed by atoms with Gasteiger partial charge in [0.2, 0.25) is 6.79 Å². The smallest absolute Gasteiger partial charge is 0.231 e. The third-order valence-electron chi connectivity index (χ3n) is 3.18. The SMILES string of the molecule is COCC(CCCN)NCc1cccc2c1OCO2. The maximum Gasteiger partial charge on any atom is 0.231 e. The van der Waals surface area contributed by atoms with Crippen LogP contribution in [0.3, 0.4) is 0 Å². The van der Waals surface area contributed by atoms with E-state index in [1.54, 1.807) is 7.11 Å². The van der Waals surface area contributed by atoms with Gasteiger partial charge in [0.1, 0.15) is 0 Å². The van der Waals surface area contributed by atoms with Gasteiger partial charge in [-0.05, 0) is 25.5 Å². The Kier molecular flexibility index (Phi) is 5.44. The molecule has 19 heavy (non-hydrogen) atoms. The van der Waals surface area contributed by atoms with Crippen molar-refractivity contribution < 1.29 is 14.2 Å². The molecule has 0 saturated heterocycles. The molecule has 2 rings (SSSR count). The van der Waals surface area contributed by atoms with Crippen molar-refractivity contribution in [1.82, 2.24) is 5.32 Å². The zero-order valence-corrected chi connectivity index (χ0v) is 11.4. The number of ether oxygens (including phenoxy) is 3. The number of benzene rings is 1. The number of nitrogens with two attached hydrogens (primary N) is 1. The second-order valence-electron chi connectivity index (χ2n) is 4.61. The minimum atomic E-state index is 0.307. The maximum absolute atomic E-state index is 5.55. The number of nitrogens with one attached hydrogen (secondary N) is 1. The van der Waals surface area contributed by atoms with Crippen molar-refractivity contribution in [3.8, 4) is 11.5 Å². The van der Waals surface area contributed by atoms with E-state index in [0.717, 1.165) is 36.4 Å². The topological polar surface area (TPSA) is 65.7 Å². The minimum Gasteiger partial charge on any atom is -0.454 e. The van der Waals surface area contributed by atoms with Crippen LogP contribution in [0.2, 0.25) is 0 Å². The first-order valence-electron chi connectivity index (χ1n) is 6.65. The zero-order valence-electron chi connectivity index (χ0n) is 11.4. The van der Waals surface area contributed by atoms with Crippen molar-refractivity contribution in [2.24, 2.45) is 5.73 Å². The van der Waals surface area contributed by atoms with Crippen molar-refractivity contribution in [2.75, 3.05) is 27.1 Å². The molecular formula is C14H22N2O3. The summed E-state index contributed by atoms with van der Waals surface area (Å²) in [6.45, 7) is 2.44. The molecule has 5 heteroatoms. The fourth-order valence-corrected chi connectivity index (χ4v) is 2.19. The molecule has 3 N–H and O–H groups in total. The maximum atomic E-state index is 5.55. The first-order valence-corrected chi connectivity index (χ1v) is 6.65. The lowest BCUT2D eigenvalue weighted by atomic mass is 10.1. The largest absolute Gasteiger partial charge is 0.454 e.